The summed E-state index contributed by atoms with van der Waals surface area (Å²) in [6, 6.07) is 2.10. The molecular weight excluding hydrogens is 304 g/mol. The van der Waals surface area contributed by atoms with E-state index in [4.69, 9.17) is 0 Å². The van der Waals surface area contributed by atoms with E-state index in [1.165, 1.54) is 6.42 Å². The highest BCUT2D eigenvalue weighted by atomic mass is 16.3. The number of fused-ring (bicyclic) bond motifs is 1. The molecule has 6 nitrogen and oxygen atoms in total. The van der Waals surface area contributed by atoms with E-state index in [0.29, 0.717) is 13.1 Å². The fraction of sp³-hybridized carbons (Fsp3) is 0.778. The predicted octanol–water partition coefficient (Wildman–Crippen LogP) is 1.62. The molecule has 1 saturated carbocycles. The van der Waals surface area contributed by atoms with Crippen LogP contribution in [0.3, 0.4) is 0 Å². The number of aliphatic hydroxyl groups is 1. The maximum Gasteiger partial charge on any atom is 0.252 e. The first-order valence-electron chi connectivity index (χ1n) is 9.22. The van der Waals surface area contributed by atoms with Crippen molar-refractivity contribution in [2.45, 2.75) is 64.3 Å². The number of hydrogen-bond donors (Lipinski definition) is 1. The molecule has 3 rings (SSSR count). The Hall–Kier alpha value is -1.40. The Kier molecular flexibility index (Phi) is 5.56. The predicted molar refractivity (Wildman–Crippen MR) is 92.2 cm³/mol. The maximum absolute atomic E-state index is 12.8. The molecule has 1 aliphatic carbocycles. The van der Waals surface area contributed by atoms with Gasteiger partial charge in [-0.3, -0.25) is 9.48 Å². The van der Waals surface area contributed by atoms with Gasteiger partial charge in [0.1, 0.15) is 6.10 Å². The van der Waals surface area contributed by atoms with Crippen molar-refractivity contribution < 1.29 is 9.90 Å². The quantitative estimate of drug-likeness (QED) is 0.909. The summed E-state index contributed by atoms with van der Waals surface area (Å²) < 4.78 is 2.03. The molecule has 1 aromatic rings. The zero-order valence-electron chi connectivity index (χ0n) is 14.9. The van der Waals surface area contributed by atoms with Gasteiger partial charge in [-0.25, -0.2) is 0 Å². The molecule has 0 aromatic carbocycles. The van der Waals surface area contributed by atoms with Crippen LogP contribution in [-0.4, -0.2) is 57.3 Å². The van der Waals surface area contributed by atoms with Gasteiger partial charge >= 0.3 is 0 Å². The fourth-order valence-electron chi connectivity index (χ4n) is 3.95. The summed E-state index contributed by atoms with van der Waals surface area (Å²) in [5.74, 6) is 0.0504. The summed E-state index contributed by atoms with van der Waals surface area (Å²) in [6.07, 6.45) is 5.51. The van der Waals surface area contributed by atoms with Crippen LogP contribution in [0.2, 0.25) is 0 Å². The molecular formula is C18H30N4O2. The lowest BCUT2D eigenvalue weighted by atomic mass is 9.85. The average molecular weight is 334 g/mol. The smallest absolute Gasteiger partial charge is 0.252 e. The molecule has 1 aliphatic heterocycles. The molecule has 1 atom stereocenters. The van der Waals surface area contributed by atoms with Crippen molar-refractivity contribution in [1.29, 1.82) is 0 Å². The molecule has 0 spiro atoms. The Bertz CT molecular complexity index is 563. The molecule has 1 amide bonds. The third-order valence-corrected chi connectivity index (χ3v) is 5.20. The fourth-order valence-corrected chi connectivity index (χ4v) is 3.95. The summed E-state index contributed by atoms with van der Waals surface area (Å²) in [5.41, 5.74) is 2.12. The summed E-state index contributed by atoms with van der Waals surface area (Å²) in [7, 11) is 4.06. The molecule has 1 N–H and O–H groups in total. The normalized spacial score (nSPS) is 20.8. The first-order valence-corrected chi connectivity index (χ1v) is 9.22. The first-order chi connectivity index (χ1) is 11.5. The van der Waals surface area contributed by atoms with Crippen molar-refractivity contribution >= 4 is 5.91 Å². The Morgan fingerprint density at radius 3 is 2.75 bits per heavy atom. The van der Waals surface area contributed by atoms with E-state index < -0.39 is 6.10 Å². The minimum Gasteiger partial charge on any atom is -0.383 e. The number of carbonyl (C=O) groups is 1. The van der Waals surface area contributed by atoms with Crippen molar-refractivity contribution in [1.82, 2.24) is 19.6 Å². The summed E-state index contributed by atoms with van der Waals surface area (Å²) in [4.78, 5) is 16.7. The molecule has 134 valence electrons. The van der Waals surface area contributed by atoms with Gasteiger partial charge in [-0.05, 0) is 45.3 Å². The molecule has 2 aliphatic rings. The van der Waals surface area contributed by atoms with Gasteiger partial charge in [0.25, 0.3) is 5.91 Å². The number of carbonyl (C=O) groups excluding carboxylic acids is 1. The molecule has 0 radical (unpaired) electrons. The lowest BCUT2D eigenvalue weighted by Gasteiger charge is -2.30. The molecule has 0 unspecified atom stereocenters. The minimum absolute atomic E-state index is 0.0919. The second-order valence-corrected chi connectivity index (χ2v) is 7.54. The van der Waals surface area contributed by atoms with Crippen LogP contribution in [0.5, 0.6) is 0 Å². The van der Waals surface area contributed by atoms with Gasteiger partial charge < -0.3 is 14.9 Å². The topological polar surface area (TPSA) is 61.6 Å². The number of amides is 1. The third-order valence-electron chi connectivity index (χ3n) is 5.20. The molecule has 1 fully saturated rings. The summed E-state index contributed by atoms with van der Waals surface area (Å²) >= 11 is 0. The van der Waals surface area contributed by atoms with Crippen LogP contribution in [0.1, 0.15) is 49.9 Å². The summed E-state index contributed by atoms with van der Waals surface area (Å²) in [5, 5.41) is 15.2. The van der Waals surface area contributed by atoms with E-state index in [9.17, 15) is 9.90 Å². The lowest BCUT2D eigenvalue weighted by molar-refractivity contribution is -0.144. The van der Waals surface area contributed by atoms with E-state index in [0.717, 1.165) is 56.6 Å². The van der Waals surface area contributed by atoms with E-state index >= 15 is 0 Å². The highest BCUT2D eigenvalue weighted by molar-refractivity contribution is 5.81. The highest BCUT2D eigenvalue weighted by Crippen LogP contribution is 2.28. The van der Waals surface area contributed by atoms with Crippen molar-refractivity contribution in [3.05, 3.63) is 17.5 Å². The van der Waals surface area contributed by atoms with Gasteiger partial charge in [-0.2, -0.15) is 5.10 Å². The second kappa shape index (κ2) is 7.66. The first kappa shape index (κ1) is 17.4. The molecule has 0 bridgehead atoms. The number of aryl methyl sites for hydroxylation is 1. The van der Waals surface area contributed by atoms with E-state index in [1.807, 2.05) is 23.7 Å². The maximum atomic E-state index is 12.8. The second-order valence-electron chi connectivity index (χ2n) is 7.54. The van der Waals surface area contributed by atoms with Crippen LogP contribution in [-0.2, 0) is 24.4 Å². The molecule has 0 saturated heterocycles. The average Bonchev–Trinajstić information content (AvgIpc) is 2.82. The van der Waals surface area contributed by atoms with Gasteiger partial charge in [-0.1, -0.05) is 19.3 Å². The molecule has 24 heavy (non-hydrogen) atoms. The van der Waals surface area contributed by atoms with Crippen LogP contribution >= 0.6 is 0 Å². The van der Waals surface area contributed by atoms with Crippen molar-refractivity contribution in [3.8, 4) is 0 Å². The highest BCUT2D eigenvalue weighted by Gasteiger charge is 2.32. The van der Waals surface area contributed by atoms with Crippen molar-refractivity contribution in [3.63, 3.8) is 0 Å². The number of rotatable bonds is 4. The third kappa shape index (κ3) is 3.98. The van der Waals surface area contributed by atoms with E-state index in [1.54, 1.807) is 0 Å². The van der Waals surface area contributed by atoms with Crippen LogP contribution in [0.4, 0.5) is 0 Å². The zero-order valence-corrected chi connectivity index (χ0v) is 14.9. The number of nitrogens with zero attached hydrogens (tertiary/aromatic N) is 4. The molecule has 6 heteroatoms. The number of hydrogen-bond acceptors (Lipinski definition) is 4. The SMILES string of the molecule is CN(C)Cc1cc2n(n1)CCCN(C(=O)[C@H](O)C1CCCCC1)C2. The molecule has 2 heterocycles. The summed E-state index contributed by atoms with van der Waals surface area (Å²) in [6.45, 7) is 2.91. The Balaban J connectivity index is 1.68. The Morgan fingerprint density at radius 1 is 1.29 bits per heavy atom. The minimum atomic E-state index is -0.832. The van der Waals surface area contributed by atoms with Gasteiger partial charge in [0.2, 0.25) is 0 Å². The zero-order chi connectivity index (χ0) is 17.1. The number of aromatic nitrogens is 2. The Morgan fingerprint density at radius 2 is 2.04 bits per heavy atom. The monoisotopic (exact) mass is 334 g/mol. The van der Waals surface area contributed by atoms with Crippen LogP contribution in [0, 0.1) is 5.92 Å². The van der Waals surface area contributed by atoms with Crippen LogP contribution < -0.4 is 0 Å². The lowest BCUT2D eigenvalue weighted by Crippen LogP contribution is -2.43. The van der Waals surface area contributed by atoms with E-state index in [2.05, 4.69) is 16.1 Å². The van der Waals surface area contributed by atoms with Gasteiger partial charge in [0, 0.05) is 19.6 Å². The van der Waals surface area contributed by atoms with Gasteiger partial charge in [-0.15, -0.1) is 0 Å². The molecule has 1 aromatic heterocycles. The van der Waals surface area contributed by atoms with Crippen LogP contribution in [0.25, 0.3) is 0 Å². The van der Waals surface area contributed by atoms with Crippen LogP contribution in [0.15, 0.2) is 6.07 Å². The van der Waals surface area contributed by atoms with Crippen molar-refractivity contribution in [2.24, 2.45) is 5.92 Å². The largest absolute Gasteiger partial charge is 0.383 e. The van der Waals surface area contributed by atoms with E-state index in [-0.39, 0.29) is 11.8 Å². The number of aliphatic hydroxyl groups excluding tert-OH is 1. The standard InChI is InChI=1S/C18H30N4O2/c1-20(2)12-15-11-16-13-21(9-6-10-22(16)19-15)18(24)17(23)14-7-4-3-5-8-14/h11,14,17,23H,3-10,12-13H2,1-2H3/t17-/m1/s1. The van der Waals surface area contributed by atoms with Gasteiger partial charge in [0.15, 0.2) is 0 Å². The Labute approximate surface area is 144 Å². The van der Waals surface area contributed by atoms with Crippen molar-refractivity contribution in [2.75, 3.05) is 20.6 Å². The van der Waals surface area contributed by atoms with Gasteiger partial charge in [0.05, 0.1) is 17.9 Å².